The van der Waals surface area contributed by atoms with Crippen molar-refractivity contribution >= 4 is 26.8 Å². The number of hydrogen-bond acceptors (Lipinski definition) is 2. The molecule has 3 rings (SSSR count). The molecule has 3 nitrogen and oxygen atoms in total. The molecule has 0 amide bonds. The van der Waals surface area contributed by atoms with Crippen LogP contribution in [-0.2, 0) is 6.61 Å². The van der Waals surface area contributed by atoms with Gasteiger partial charge in [0.2, 0.25) is 0 Å². The SMILES string of the molecule is CC(C)n1nc(-c2ccccc2CO)c2cc(Br)ccc21. The fraction of sp³-hybridized carbons (Fsp3) is 0.235. The fourth-order valence-corrected chi connectivity index (χ4v) is 2.96. The molecule has 21 heavy (non-hydrogen) atoms. The second-order valence-electron chi connectivity index (χ2n) is 5.36. The fourth-order valence-electron chi connectivity index (χ4n) is 2.59. The number of aromatic nitrogens is 2. The maximum absolute atomic E-state index is 9.58. The normalized spacial score (nSPS) is 11.5. The van der Waals surface area contributed by atoms with E-state index in [0.717, 1.165) is 32.2 Å². The van der Waals surface area contributed by atoms with Crippen molar-refractivity contribution in [2.75, 3.05) is 0 Å². The van der Waals surface area contributed by atoms with E-state index in [4.69, 9.17) is 5.10 Å². The summed E-state index contributed by atoms with van der Waals surface area (Å²) < 4.78 is 3.06. The van der Waals surface area contributed by atoms with E-state index in [-0.39, 0.29) is 12.6 Å². The molecular weight excluding hydrogens is 328 g/mol. The van der Waals surface area contributed by atoms with Crippen molar-refractivity contribution in [2.45, 2.75) is 26.5 Å². The summed E-state index contributed by atoms with van der Waals surface area (Å²) in [5.41, 5.74) is 3.91. The van der Waals surface area contributed by atoms with Gasteiger partial charge in [-0.25, -0.2) is 0 Å². The summed E-state index contributed by atoms with van der Waals surface area (Å²) in [6.45, 7) is 4.26. The predicted octanol–water partition coefficient (Wildman–Crippen LogP) is 4.54. The summed E-state index contributed by atoms with van der Waals surface area (Å²) >= 11 is 3.53. The van der Waals surface area contributed by atoms with E-state index in [1.165, 1.54) is 0 Å². The van der Waals surface area contributed by atoms with Crippen molar-refractivity contribution in [3.05, 3.63) is 52.5 Å². The molecule has 0 atom stereocenters. The molecule has 0 aliphatic carbocycles. The molecule has 0 unspecified atom stereocenters. The van der Waals surface area contributed by atoms with Gasteiger partial charge in [-0.1, -0.05) is 40.2 Å². The van der Waals surface area contributed by atoms with E-state index in [1.807, 2.05) is 35.0 Å². The molecule has 0 radical (unpaired) electrons. The molecule has 108 valence electrons. The Morgan fingerprint density at radius 1 is 1.19 bits per heavy atom. The second kappa shape index (κ2) is 5.62. The molecule has 1 aromatic heterocycles. The van der Waals surface area contributed by atoms with Gasteiger partial charge in [0.05, 0.1) is 12.1 Å². The molecular formula is C17H17BrN2O. The topological polar surface area (TPSA) is 38.0 Å². The van der Waals surface area contributed by atoms with Gasteiger partial charge in [-0.05, 0) is 37.6 Å². The van der Waals surface area contributed by atoms with E-state index in [0.29, 0.717) is 0 Å². The molecule has 0 spiro atoms. The average Bonchev–Trinajstić information content (AvgIpc) is 2.85. The van der Waals surface area contributed by atoms with Gasteiger partial charge in [-0.3, -0.25) is 4.68 Å². The maximum atomic E-state index is 9.58. The number of hydrogen-bond donors (Lipinski definition) is 1. The molecule has 0 saturated carbocycles. The third-order valence-corrected chi connectivity index (χ3v) is 4.09. The lowest BCUT2D eigenvalue weighted by Gasteiger charge is -2.06. The third kappa shape index (κ3) is 2.49. The highest BCUT2D eigenvalue weighted by molar-refractivity contribution is 9.10. The van der Waals surface area contributed by atoms with Crippen molar-refractivity contribution in [3.63, 3.8) is 0 Å². The highest BCUT2D eigenvalue weighted by atomic mass is 79.9. The van der Waals surface area contributed by atoms with Gasteiger partial charge in [0.25, 0.3) is 0 Å². The molecule has 1 N–H and O–H groups in total. The van der Waals surface area contributed by atoms with Crippen LogP contribution in [0, 0.1) is 0 Å². The first-order chi connectivity index (χ1) is 10.1. The first-order valence-electron chi connectivity index (χ1n) is 6.98. The van der Waals surface area contributed by atoms with Gasteiger partial charge < -0.3 is 5.11 Å². The molecule has 0 bridgehead atoms. The summed E-state index contributed by atoms with van der Waals surface area (Å²) in [5.74, 6) is 0. The smallest absolute Gasteiger partial charge is 0.101 e. The van der Waals surface area contributed by atoms with Gasteiger partial charge in [-0.2, -0.15) is 5.10 Å². The Kier molecular flexibility index (Phi) is 3.83. The quantitative estimate of drug-likeness (QED) is 0.757. The Hall–Kier alpha value is -1.65. The Balaban J connectivity index is 2.34. The molecule has 3 aromatic rings. The molecule has 0 fully saturated rings. The Morgan fingerprint density at radius 2 is 1.95 bits per heavy atom. The van der Waals surface area contributed by atoms with Crippen LogP contribution in [0.25, 0.3) is 22.2 Å². The van der Waals surface area contributed by atoms with Gasteiger partial charge in [0, 0.05) is 21.5 Å². The van der Waals surface area contributed by atoms with Crippen LogP contribution >= 0.6 is 15.9 Å². The Labute approximate surface area is 132 Å². The van der Waals surface area contributed by atoms with Crippen molar-refractivity contribution in [3.8, 4) is 11.3 Å². The minimum Gasteiger partial charge on any atom is -0.392 e. The van der Waals surface area contributed by atoms with E-state index in [2.05, 4.69) is 41.9 Å². The minimum atomic E-state index is 0.0141. The number of benzene rings is 2. The lowest BCUT2D eigenvalue weighted by molar-refractivity contribution is 0.282. The number of aliphatic hydroxyl groups is 1. The van der Waals surface area contributed by atoms with Crippen LogP contribution in [0.2, 0.25) is 0 Å². The van der Waals surface area contributed by atoms with Crippen LogP contribution in [0.15, 0.2) is 46.9 Å². The van der Waals surface area contributed by atoms with Crippen LogP contribution in [0.4, 0.5) is 0 Å². The lowest BCUT2D eigenvalue weighted by atomic mass is 10.0. The van der Waals surface area contributed by atoms with E-state index in [9.17, 15) is 5.11 Å². The largest absolute Gasteiger partial charge is 0.392 e. The highest BCUT2D eigenvalue weighted by Gasteiger charge is 2.16. The molecule has 0 aliphatic rings. The molecule has 0 aliphatic heterocycles. The number of aliphatic hydroxyl groups excluding tert-OH is 1. The summed E-state index contributed by atoms with van der Waals surface area (Å²) in [5, 5.41) is 15.5. The summed E-state index contributed by atoms with van der Waals surface area (Å²) in [7, 11) is 0. The standard InChI is InChI=1S/C17H17BrN2O/c1-11(2)20-16-8-7-13(18)9-15(16)17(19-20)14-6-4-3-5-12(14)10-21/h3-9,11,21H,10H2,1-2H3. The summed E-state index contributed by atoms with van der Waals surface area (Å²) in [4.78, 5) is 0. The van der Waals surface area contributed by atoms with Crippen molar-refractivity contribution < 1.29 is 5.11 Å². The van der Waals surface area contributed by atoms with Crippen LogP contribution in [0.1, 0.15) is 25.5 Å². The number of fused-ring (bicyclic) bond motifs is 1. The molecule has 4 heteroatoms. The minimum absolute atomic E-state index is 0.0141. The maximum Gasteiger partial charge on any atom is 0.101 e. The highest BCUT2D eigenvalue weighted by Crippen LogP contribution is 2.33. The molecule has 0 saturated heterocycles. The first kappa shape index (κ1) is 14.3. The van der Waals surface area contributed by atoms with E-state index in [1.54, 1.807) is 0 Å². The van der Waals surface area contributed by atoms with Crippen molar-refractivity contribution in [1.29, 1.82) is 0 Å². The molecule has 2 aromatic carbocycles. The van der Waals surface area contributed by atoms with E-state index < -0.39 is 0 Å². The lowest BCUT2D eigenvalue weighted by Crippen LogP contribution is -2.02. The summed E-state index contributed by atoms with van der Waals surface area (Å²) in [6, 6.07) is 14.3. The zero-order valence-electron chi connectivity index (χ0n) is 12.0. The predicted molar refractivity (Wildman–Crippen MR) is 89.2 cm³/mol. The Morgan fingerprint density at radius 3 is 2.67 bits per heavy atom. The average molecular weight is 345 g/mol. The number of rotatable bonds is 3. The van der Waals surface area contributed by atoms with Crippen LogP contribution < -0.4 is 0 Å². The van der Waals surface area contributed by atoms with Crippen molar-refractivity contribution in [2.24, 2.45) is 0 Å². The van der Waals surface area contributed by atoms with E-state index >= 15 is 0 Å². The monoisotopic (exact) mass is 344 g/mol. The van der Waals surface area contributed by atoms with Gasteiger partial charge in [0.1, 0.15) is 5.69 Å². The number of nitrogens with zero attached hydrogens (tertiary/aromatic N) is 2. The van der Waals surface area contributed by atoms with Crippen LogP contribution in [0.5, 0.6) is 0 Å². The van der Waals surface area contributed by atoms with Gasteiger partial charge >= 0.3 is 0 Å². The van der Waals surface area contributed by atoms with Crippen LogP contribution in [-0.4, -0.2) is 14.9 Å². The summed E-state index contributed by atoms with van der Waals surface area (Å²) in [6.07, 6.45) is 0. The number of halogens is 1. The van der Waals surface area contributed by atoms with Crippen LogP contribution in [0.3, 0.4) is 0 Å². The zero-order chi connectivity index (χ0) is 15.0. The van der Waals surface area contributed by atoms with Crippen molar-refractivity contribution in [1.82, 2.24) is 9.78 Å². The first-order valence-corrected chi connectivity index (χ1v) is 7.78. The van der Waals surface area contributed by atoms with Gasteiger partial charge in [-0.15, -0.1) is 0 Å². The second-order valence-corrected chi connectivity index (χ2v) is 6.28. The zero-order valence-corrected chi connectivity index (χ0v) is 13.6. The third-order valence-electron chi connectivity index (χ3n) is 3.60. The molecule has 1 heterocycles. The van der Waals surface area contributed by atoms with Gasteiger partial charge in [0.15, 0.2) is 0 Å². The Bertz CT molecular complexity index is 793.